The summed E-state index contributed by atoms with van der Waals surface area (Å²) >= 11 is 5.91. The van der Waals surface area contributed by atoms with Crippen LogP contribution in [0.5, 0.6) is 0 Å². The Hall–Kier alpha value is -0.900. The first-order valence-electron chi connectivity index (χ1n) is 6.30. The smallest absolute Gasteiger partial charge is 0.167 e. The third-order valence-corrected chi connectivity index (χ3v) is 3.46. The molecular formula is C14H18ClNO2. The molecule has 1 fully saturated rings. The largest absolute Gasteiger partial charge is 0.368 e. The molecule has 98 valence electrons. The molecule has 1 saturated heterocycles. The van der Waals surface area contributed by atoms with Crippen LogP contribution in [0.15, 0.2) is 24.3 Å². The van der Waals surface area contributed by atoms with Gasteiger partial charge in [-0.3, -0.25) is 9.69 Å². The Morgan fingerprint density at radius 1 is 1.56 bits per heavy atom. The van der Waals surface area contributed by atoms with Gasteiger partial charge >= 0.3 is 0 Å². The molecule has 2 rings (SSSR count). The minimum Gasteiger partial charge on any atom is -0.368 e. The van der Waals surface area contributed by atoms with Gasteiger partial charge in [0.05, 0.1) is 6.61 Å². The van der Waals surface area contributed by atoms with Gasteiger partial charge in [-0.1, -0.05) is 30.7 Å². The molecule has 0 N–H and O–H groups in total. The molecule has 1 aromatic rings. The summed E-state index contributed by atoms with van der Waals surface area (Å²) in [6, 6.07) is 7.43. The van der Waals surface area contributed by atoms with Crippen molar-refractivity contribution in [3.63, 3.8) is 0 Å². The van der Waals surface area contributed by atoms with Crippen molar-refractivity contribution in [2.75, 3.05) is 26.2 Å². The van der Waals surface area contributed by atoms with E-state index in [0.29, 0.717) is 24.6 Å². The maximum Gasteiger partial charge on any atom is 0.167 e. The fourth-order valence-corrected chi connectivity index (χ4v) is 2.36. The number of morpholine rings is 1. The van der Waals surface area contributed by atoms with Crippen LogP contribution >= 0.6 is 11.6 Å². The molecule has 0 aliphatic carbocycles. The van der Waals surface area contributed by atoms with Gasteiger partial charge in [0.1, 0.15) is 6.10 Å². The van der Waals surface area contributed by atoms with E-state index in [0.717, 1.165) is 18.7 Å². The Morgan fingerprint density at radius 2 is 2.39 bits per heavy atom. The van der Waals surface area contributed by atoms with Crippen molar-refractivity contribution in [1.29, 1.82) is 0 Å². The molecule has 0 radical (unpaired) electrons. The second-order valence-electron chi connectivity index (χ2n) is 4.53. The van der Waals surface area contributed by atoms with Crippen molar-refractivity contribution >= 4 is 17.4 Å². The minimum absolute atomic E-state index is 0.135. The number of carbonyl (C=O) groups is 1. The number of hydrogen-bond donors (Lipinski definition) is 0. The quantitative estimate of drug-likeness (QED) is 0.837. The van der Waals surface area contributed by atoms with E-state index in [1.165, 1.54) is 0 Å². The van der Waals surface area contributed by atoms with Gasteiger partial charge in [0.25, 0.3) is 0 Å². The lowest BCUT2D eigenvalue weighted by Gasteiger charge is -2.31. The summed E-state index contributed by atoms with van der Waals surface area (Å²) in [6.07, 6.45) is 0.0978. The van der Waals surface area contributed by atoms with Crippen LogP contribution in [0, 0.1) is 0 Å². The van der Waals surface area contributed by atoms with Gasteiger partial charge in [-0.15, -0.1) is 0 Å². The zero-order valence-corrected chi connectivity index (χ0v) is 11.3. The first-order valence-corrected chi connectivity index (χ1v) is 6.68. The van der Waals surface area contributed by atoms with Gasteiger partial charge in [-0.25, -0.2) is 0 Å². The molecule has 18 heavy (non-hydrogen) atoms. The Labute approximate surface area is 113 Å². The molecule has 1 aliphatic heterocycles. The van der Waals surface area contributed by atoms with E-state index < -0.39 is 0 Å². The summed E-state index contributed by atoms with van der Waals surface area (Å²) in [6.45, 7) is 5.32. The van der Waals surface area contributed by atoms with Crippen molar-refractivity contribution in [1.82, 2.24) is 4.90 Å². The van der Waals surface area contributed by atoms with Gasteiger partial charge in [-0.05, 0) is 24.2 Å². The molecule has 0 bridgehead atoms. The molecule has 1 unspecified atom stereocenters. The van der Waals surface area contributed by atoms with Crippen LogP contribution in [0.1, 0.15) is 12.5 Å². The molecule has 0 spiro atoms. The summed E-state index contributed by atoms with van der Waals surface area (Å²) in [5.74, 6) is 0.135. The van der Waals surface area contributed by atoms with Gasteiger partial charge < -0.3 is 4.74 Å². The highest BCUT2D eigenvalue weighted by Crippen LogP contribution is 2.14. The molecule has 0 amide bonds. The lowest BCUT2D eigenvalue weighted by Crippen LogP contribution is -2.46. The van der Waals surface area contributed by atoms with Crippen LogP contribution in [0.3, 0.4) is 0 Å². The summed E-state index contributed by atoms with van der Waals surface area (Å²) in [5.41, 5.74) is 0.949. The van der Waals surface area contributed by atoms with Crippen molar-refractivity contribution in [2.45, 2.75) is 19.4 Å². The van der Waals surface area contributed by atoms with Crippen LogP contribution in [0.25, 0.3) is 0 Å². The zero-order valence-electron chi connectivity index (χ0n) is 10.6. The second kappa shape index (κ2) is 6.32. The molecule has 3 nitrogen and oxygen atoms in total. The van der Waals surface area contributed by atoms with Gasteiger partial charge in [-0.2, -0.15) is 0 Å². The highest BCUT2D eigenvalue weighted by atomic mass is 35.5. The van der Waals surface area contributed by atoms with Crippen LogP contribution in [0.4, 0.5) is 0 Å². The number of Topliss-reactive ketones (excluding diaryl/α,β-unsaturated/α-hetero) is 1. The van der Waals surface area contributed by atoms with Gasteiger partial charge in [0.2, 0.25) is 0 Å². The van der Waals surface area contributed by atoms with Crippen molar-refractivity contribution in [3.8, 4) is 0 Å². The fraction of sp³-hybridized carbons (Fsp3) is 0.500. The Morgan fingerprint density at radius 3 is 3.11 bits per heavy atom. The Bertz CT molecular complexity index is 422. The van der Waals surface area contributed by atoms with E-state index in [1.54, 1.807) is 0 Å². The Kier molecular flexibility index (Phi) is 4.75. The van der Waals surface area contributed by atoms with E-state index in [-0.39, 0.29) is 11.9 Å². The molecule has 0 saturated carbocycles. The van der Waals surface area contributed by atoms with Crippen molar-refractivity contribution in [2.24, 2.45) is 0 Å². The third kappa shape index (κ3) is 3.55. The number of hydrogen-bond acceptors (Lipinski definition) is 3. The Balaban J connectivity index is 1.95. The highest BCUT2D eigenvalue weighted by Gasteiger charge is 2.25. The molecule has 1 aromatic carbocycles. The SMILES string of the molecule is CCN1CCOC(C(=O)Cc2cccc(Cl)c2)C1. The van der Waals surface area contributed by atoms with Crippen LogP contribution in [-0.4, -0.2) is 43.0 Å². The fourth-order valence-electron chi connectivity index (χ4n) is 2.15. The highest BCUT2D eigenvalue weighted by molar-refractivity contribution is 6.30. The monoisotopic (exact) mass is 267 g/mol. The minimum atomic E-state index is -0.294. The number of ketones is 1. The van der Waals surface area contributed by atoms with E-state index in [4.69, 9.17) is 16.3 Å². The first-order chi connectivity index (χ1) is 8.69. The van der Waals surface area contributed by atoms with Crippen molar-refractivity contribution < 1.29 is 9.53 Å². The standard InChI is InChI=1S/C14H18ClNO2/c1-2-16-6-7-18-14(10-16)13(17)9-11-4-3-5-12(15)8-11/h3-5,8,14H,2,6-7,9-10H2,1H3. The lowest BCUT2D eigenvalue weighted by molar-refractivity contribution is -0.135. The van der Waals surface area contributed by atoms with Gasteiger partial charge in [0, 0.05) is 24.5 Å². The predicted octanol–water partition coefficient (Wildman–Crippen LogP) is 2.17. The molecular weight excluding hydrogens is 250 g/mol. The van der Waals surface area contributed by atoms with E-state index >= 15 is 0 Å². The topological polar surface area (TPSA) is 29.5 Å². The summed E-state index contributed by atoms with van der Waals surface area (Å²) in [4.78, 5) is 14.4. The number of ether oxygens (including phenoxy) is 1. The number of rotatable bonds is 4. The average Bonchev–Trinajstić information content (AvgIpc) is 2.39. The lowest BCUT2D eigenvalue weighted by atomic mass is 10.0. The molecule has 0 aromatic heterocycles. The van der Waals surface area contributed by atoms with E-state index in [9.17, 15) is 4.79 Å². The van der Waals surface area contributed by atoms with Crippen LogP contribution in [-0.2, 0) is 16.0 Å². The summed E-state index contributed by atoms with van der Waals surface area (Å²) in [7, 11) is 0. The zero-order chi connectivity index (χ0) is 13.0. The maximum atomic E-state index is 12.1. The second-order valence-corrected chi connectivity index (χ2v) is 4.96. The summed E-state index contributed by atoms with van der Waals surface area (Å²) in [5, 5.41) is 0.667. The number of benzene rings is 1. The predicted molar refractivity (Wildman–Crippen MR) is 72.0 cm³/mol. The van der Waals surface area contributed by atoms with Gasteiger partial charge in [0.15, 0.2) is 5.78 Å². The number of halogens is 1. The first kappa shape index (κ1) is 13.5. The number of carbonyl (C=O) groups excluding carboxylic acids is 1. The van der Waals surface area contributed by atoms with Crippen LogP contribution in [0.2, 0.25) is 5.02 Å². The molecule has 1 atom stereocenters. The molecule has 1 heterocycles. The summed E-state index contributed by atoms with van der Waals surface area (Å²) < 4.78 is 5.55. The van der Waals surface area contributed by atoms with E-state index in [2.05, 4.69) is 11.8 Å². The normalized spacial score (nSPS) is 20.9. The third-order valence-electron chi connectivity index (χ3n) is 3.22. The average molecular weight is 268 g/mol. The van der Waals surface area contributed by atoms with E-state index in [1.807, 2.05) is 24.3 Å². The maximum absolute atomic E-state index is 12.1. The number of nitrogens with zero attached hydrogens (tertiary/aromatic N) is 1. The molecule has 1 aliphatic rings. The molecule has 4 heteroatoms. The number of likely N-dealkylation sites (N-methyl/N-ethyl adjacent to an activating group) is 1. The van der Waals surface area contributed by atoms with Crippen LogP contribution < -0.4 is 0 Å². The van der Waals surface area contributed by atoms with Crippen molar-refractivity contribution in [3.05, 3.63) is 34.9 Å².